The number of fused-ring (bicyclic) bond motifs is 1. The van der Waals surface area contributed by atoms with Gasteiger partial charge >= 0.3 is 0 Å². The molecule has 122 valence electrons. The van der Waals surface area contributed by atoms with Crippen molar-refractivity contribution in [2.75, 3.05) is 12.4 Å². The fraction of sp³-hybridized carbons (Fsp3) is 0.294. The maximum atomic E-state index is 12.3. The molecular weight excluding hydrogens is 304 g/mol. The largest absolute Gasteiger partial charge is 0.363 e. The highest BCUT2D eigenvalue weighted by atomic mass is 16.2. The molecule has 2 atom stereocenters. The van der Waals surface area contributed by atoms with Crippen molar-refractivity contribution >= 4 is 17.2 Å². The molecule has 1 fully saturated rings. The minimum Gasteiger partial charge on any atom is -0.363 e. The number of likely N-dealkylation sites (tertiary alicyclic amines) is 1. The summed E-state index contributed by atoms with van der Waals surface area (Å²) in [7, 11) is 1.83. The van der Waals surface area contributed by atoms with E-state index in [0.29, 0.717) is 6.42 Å². The molecular formula is C17H18N6O. The molecule has 4 heterocycles. The van der Waals surface area contributed by atoms with E-state index < -0.39 is 0 Å². The van der Waals surface area contributed by atoms with E-state index in [-0.39, 0.29) is 18.0 Å². The van der Waals surface area contributed by atoms with E-state index in [4.69, 9.17) is 0 Å². The lowest BCUT2D eigenvalue weighted by molar-refractivity contribution is -0.127. The van der Waals surface area contributed by atoms with Gasteiger partial charge in [-0.3, -0.25) is 9.78 Å². The lowest BCUT2D eigenvalue weighted by atomic mass is 10.0. The Morgan fingerprint density at radius 3 is 3.00 bits per heavy atom. The molecule has 0 aromatic carbocycles. The molecule has 7 heteroatoms. The van der Waals surface area contributed by atoms with Crippen LogP contribution in [0, 0.1) is 6.92 Å². The topological polar surface area (TPSA) is 75.4 Å². The second kappa shape index (κ2) is 5.59. The Balaban J connectivity index is 1.70. The number of nitrogens with one attached hydrogen (secondary N) is 1. The molecule has 0 spiro atoms. The van der Waals surface area contributed by atoms with Crippen LogP contribution in [0.2, 0.25) is 0 Å². The smallest absolute Gasteiger partial charge is 0.225 e. The number of hydrogen-bond donors (Lipinski definition) is 1. The molecule has 1 saturated heterocycles. The van der Waals surface area contributed by atoms with Crippen molar-refractivity contribution < 1.29 is 4.79 Å². The number of anilines is 1. The van der Waals surface area contributed by atoms with Gasteiger partial charge in [0.05, 0.1) is 17.8 Å². The second-order valence-electron chi connectivity index (χ2n) is 6.08. The number of aryl methyl sites for hydroxylation is 1. The summed E-state index contributed by atoms with van der Waals surface area (Å²) in [6.07, 6.45) is 7.50. The zero-order valence-corrected chi connectivity index (χ0v) is 13.5. The number of rotatable bonds is 3. The third kappa shape index (κ3) is 2.38. The summed E-state index contributed by atoms with van der Waals surface area (Å²) < 4.78 is 1.80. The van der Waals surface area contributed by atoms with Crippen molar-refractivity contribution in [3.05, 3.63) is 54.2 Å². The van der Waals surface area contributed by atoms with Gasteiger partial charge in [0.2, 0.25) is 5.91 Å². The van der Waals surface area contributed by atoms with Crippen LogP contribution in [0.5, 0.6) is 0 Å². The predicted octanol–water partition coefficient (Wildman–Crippen LogP) is 1.82. The van der Waals surface area contributed by atoms with E-state index in [0.717, 1.165) is 22.6 Å². The SMILES string of the molecule is Cc1cc2c(N[C@@H]3CC(=O)N(C)[C@H]3c3cccnc3)nccn2n1. The number of nitrogens with zero attached hydrogens (tertiary/aromatic N) is 5. The van der Waals surface area contributed by atoms with Gasteiger partial charge in [-0.2, -0.15) is 5.10 Å². The zero-order valence-electron chi connectivity index (χ0n) is 13.5. The fourth-order valence-corrected chi connectivity index (χ4v) is 3.34. The molecule has 0 unspecified atom stereocenters. The summed E-state index contributed by atoms with van der Waals surface area (Å²) in [5, 5.41) is 7.85. The van der Waals surface area contributed by atoms with E-state index in [9.17, 15) is 4.79 Å². The number of carbonyl (C=O) groups is 1. The predicted molar refractivity (Wildman–Crippen MR) is 89.5 cm³/mol. The fourth-order valence-electron chi connectivity index (χ4n) is 3.34. The Kier molecular flexibility index (Phi) is 3.41. The normalized spacial score (nSPS) is 20.8. The van der Waals surface area contributed by atoms with Gasteiger partial charge < -0.3 is 10.2 Å². The van der Waals surface area contributed by atoms with Crippen LogP contribution in [-0.2, 0) is 4.79 Å². The molecule has 0 saturated carbocycles. The molecule has 3 aromatic heterocycles. The van der Waals surface area contributed by atoms with E-state index in [1.54, 1.807) is 21.8 Å². The van der Waals surface area contributed by atoms with Crippen molar-refractivity contribution in [3.8, 4) is 0 Å². The molecule has 7 nitrogen and oxygen atoms in total. The minimum atomic E-state index is -0.0720. The lowest BCUT2D eigenvalue weighted by Gasteiger charge is -2.26. The lowest BCUT2D eigenvalue weighted by Crippen LogP contribution is -2.30. The van der Waals surface area contributed by atoms with Gasteiger partial charge in [0.15, 0.2) is 5.82 Å². The molecule has 1 aliphatic rings. The van der Waals surface area contributed by atoms with Crippen LogP contribution >= 0.6 is 0 Å². The average molecular weight is 322 g/mol. The highest BCUT2D eigenvalue weighted by Crippen LogP contribution is 2.33. The highest BCUT2D eigenvalue weighted by molar-refractivity contribution is 5.81. The van der Waals surface area contributed by atoms with Gasteiger partial charge in [0.25, 0.3) is 0 Å². The van der Waals surface area contributed by atoms with Crippen LogP contribution in [0.25, 0.3) is 5.52 Å². The van der Waals surface area contributed by atoms with Gasteiger partial charge in [-0.15, -0.1) is 0 Å². The first-order valence-electron chi connectivity index (χ1n) is 7.86. The highest BCUT2D eigenvalue weighted by Gasteiger charge is 2.39. The zero-order chi connectivity index (χ0) is 16.7. The van der Waals surface area contributed by atoms with E-state index in [1.165, 1.54) is 0 Å². The maximum absolute atomic E-state index is 12.3. The molecule has 0 bridgehead atoms. The maximum Gasteiger partial charge on any atom is 0.225 e. The first-order chi connectivity index (χ1) is 11.6. The van der Waals surface area contributed by atoms with Crippen molar-refractivity contribution in [3.63, 3.8) is 0 Å². The average Bonchev–Trinajstić information content (AvgIpc) is 3.09. The summed E-state index contributed by atoms with van der Waals surface area (Å²) in [6.45, 7) is 1.95. The summed E-state index contributed by atoms with van der Waals surface area (Å²) in [5.74, 6) is 0.845. The van der Waals surface area contributed by atoms with Crippen molar-refractivity contribution in [1.82, 2.24) is 24.5 Å². The number of pyridine rings is 1. The number of likely N-dealkylation sites (N-methyl/N-ethyl adjacent to an activating group) is 1. The van der Waals surface area contributed by atoms with Gasteiger partial charge in [0.1, 0.15) is 5.52 Å². The number of carbonyl (C=O) groups excluding carboxylic acids is 1. The molecule has 1 amide bonds. The van der Waals surface area contributed by atoms with E-state index in [2.05, 4.69) is 20.4 Å². The van der Waals surface area contributed by atoms with Crippen LogP contribution in [0.3, 0.4) is 0 Å². The van der Waals surface area contributed by atoms with Crippen LogP contribution in [-0.4, -0.2) is 43.5 Å². The first kappa shape index (κ1) is 14.6. The molecule has 1 N–H and O–H groups in total. The van der Waals surface area contributed by atoms with Crippen LogP contribution in [0.1, 0.15) is 23.7 Å². The van der Waals surface area contributed by atoms with Crippen molar-refractivity contribution in [1.29, 1.82) is 0 Å². The van der Waals surface area contributed by atoms with E-state index >= 15 is 0 Å². The Bertz CT molecular complexity index is 890. The molecule has 1 aliphatic heterocycles. The Morgan fingerprint density at radius 1 is 1.33 bits per heavy atom. The van der Waals surface area contributed by atoms with Crippen molar-refractivity contribution in [2.45, 2.75) is 25.4 Å². The summed E-state index contributed by atoms with van der Waals surface area (Å²) in [4.78, 5) is 22.7. The molecule has 0 aliphatic carbocycles. The monoisotopic (exact) mass is 322 g/mol. The van der Waals surface area contributed by atoms with E-state index in [1.807, 2.05) is 44.6 Å². The molecule has 24 heavy (non-hydrogen) atoms. The standard InChI is InChI=1S/C17H18N6O/c1-11-8-14-17(19-6-7-23(14)21-11)20-13-9-15(24)22(2)16(13)12-4-3-5-18-10-12/h3-8,10,13,16H,9H2,1-2H3,(H,19,20)/t13-,16+/m1/s1. The van der Waals surface area contributed by atoms with Crippen LogP contribution in [0.4, 0.5) is 5.82 Å². The Morgan fingerprint density at radius 2 is 2.21 bits per heavy atom. The number of amides is 1. The van der Waals surface area contributed by atoms with Crippen molar-refractivity contribution in [2.24, 2.45) is 0 Å². The molecule has 4 rings (SSSR count). The Labute approximate surface area is 139 Å². The van der Waals surface area contributed by atoms with Crippen LogP contribution < -0.4 is 5.32 Å². The van der Waals surface area contributed by atoms with Gasteiger partial charge in [-0.05, 0) is 24.6 Å². The summed E-state index contributed by atoms with van der Waals surface area (Å²) >= 11 is 0. The number of aromatic nitrogens is 4. The second-order valence-corrected chi connectivity index (χ2v) is 6.08. The van der Waals surface area contributed by atoms with Gasteiger partial charge in [-0.25, -0.2) is 9.50 Å². The third-order valence-electron chi connectivity index (χ3n) is 4.45. The van der Waals surface area contributed by atoms with Crippen LogP contribution in [0.15, 0.2) is 43.0 Å². The van der Waals surface area contributed by atoms with Gasteiger partial charge in [0, 0.05) is 38.3 Å². The first-order valence-corrected chi connectivity index (χ1v) is 7.86. The summed E-state index contributed by atoms with van der Waals surface area (Å²) in [5.41, 5.74) is 2.84. The third-order valence-corrected chi connectivity index (χ3v) is 4.45. The minimum absolute atomic E-state index is 0.0689. The number of hydrogen-bond acceptors (Lipinski definition) is 5. The molecule has 3 aromatic rings. The van der Waals surface area contributed by atoms with Gasteiger partial charge in [-0.1, -0.05) is 6.07 Å². The summed E-state index contributed by atoms with van der Waals surface area (Å²) in [6, 6.07) is 5.73. The molecule has 0 radical (unpaired) electrons. The quantitative estimate of drug-likeness (QED) is 0.796. The Hall–Kier alpha value is -2.96.